The Kier molecular flexibility index (Phi) is 5.74. The van der Waals surface area contributed by atoms with Crippen LogP contribution in [-0.4, -0.2) is 23.5 Å². The van der Waals surface area contributed by atoms with Crippen LogP contribution in [0.1, 0.15) is 38.7 Å². The van der Waals surface area contributed by atoms with Gasteiger partial charge in [0.1, 0.15) is 0 Å². The lowest BCUT2D eigenvalue weighted by Crippen LogP contribution is -2.33. The van der Waals surface area contributed by atoms with Crippen LogP contribution in [0.3, 0.4) is 0 Å². The second-order valence-corrected chi connectivity index (χ2v) is 6.42. The van der Waals surface area contributed by atoms with Gasteiger partial charge in [-0.1, -0.05) is 28.1 Å². The van der Waals surface area contributed by atoms with Gasteiger partial charge in [0.25, 0.3) is 0 Å². The summed E-state index contributed by atoms with van der Waals surface area (Å²) in [5.41, 5.74) is 0.108. The van der Waals surface area contributed by atoms with Crippen molar-refractivity contribution < 1.29 is 14.7 Å². The smallest absolute Gasteiger partial charge is 0.309 e. The molecular formula is C15H20BrNO3. The van der Waals surface area contributed by atoms with E-state index in [0.29, 0.717) is 13.0 Å². The number of halogens is 1. The van der Waals surface area contributed by atoms with E-state index < -0.39 is 11.4 Å². The van der Waals surface area contributed by atoms with Gasteiger partial charge in [-0.2, -0.15) is 0 Å². The first-order chi connectivity index (χ1) is 9.24. The van der Waals surface area contributed by atoms with Crippen molar-refractivity contribution in [2.75, 3.05) is 6.54 Å². The Balaban J connectivity index is 2.51. The van der Waals surface area contributed by atoms with Gasteiger partial charge in [0.05, 0.1) is 11.3 Å². The van der Waals surface area contributed by atoms with E-state index in [0.717, 1.165) is 10.0 Å². The molecule has 1 aromatic carbocycles. The zero-order valence-electron chi connectivity index (χ0n) is 11.9. The Morgan fingerprint density at radius 1 is 1.30 bits per heavy atom. The van der Waals surface area contributed by atoms with E-state index in [1.165, 1.54) is 0 Å². The predicted molar refractivity (Wildman–Crippen MR) is 81.6 cm³/mol. The van der Waals surface area contributed by atoms with E-state index >= 15 is 0 Å². The molecule has 1 rings (SSSR count). The van der Waals surface area contributed by atoms with Crippen molar-refractivity contribution in [2.24, 2.45) is 5.41 Å². The molecule has 1 atom stereocenters. The van der Waals surface area contributed by atoms with Gasteiger partial charge >= 0.3 is 5.97 Å². The molecule has 0 spiro atoms. The molecule has 5 heteroatoms. The maximum Gasteiger partial charge on any atom is 0.309 e. The van der Waals surface area contributed by atoms with Crippen LogP contribution in [-0.2, 0) is 9.59 Å². The minimum atomic E-state index is -0.854. The molecule has 0 aromatic heterocycles. The molecule has 1 aromatic rings. The predicted octanol–water partition coefficient (Wildman–Crippen LogP) is 3.17. The summed E-state index contributed by atoms with van der Waals surface area (Å²) in [4.78, 5) is 23.0. The topological polar surface area (TPSA) is 66.4 Å². The number of rotatable bonds is 6. The summed E-state index contributed by atoms with van der Waals surface area (Å²) < 4.78 is 0.970. The van der Waals surface area contributed by atoms with Crippen molar-refractivity contribution >= 4 is 27.8 Å². The Bertz CT molecular complexity index is 482. The third-order valence-electron chi connectivity index (χ3n) is 3.39. The van der Waals surface area contributed by atoms with E-state index in [2.05, 4.69) is 21.2 Å². The molecule has 0 bridgehead atoms. The average Bonchev–Trinajstić information content (AvgIpc) is 2.38. The molecule has 0 fully saturated rings. The zero-order chi connectivity index (χ0) is 15.3. The zero-order valence-corrected chi connectivity index (χ0v) is 13.5. The molecule has 0 saturated carbocycles. The number of carbonyl (C=O) groups excluding carboxylic acids is 1. The molecule has 110 valence electrons. The van der Waals surface area contributed by atoms with Gasteiger partial charge in [-0.25, -0.2) is 0 Å². The highest BCUT2D eigenvalue weighted by Gasteiger charge is 2.27. The van der Waals surface area contributed by atoms with Crippen LogP contribution in [0, 0.1) is 5.41 Å². The molecule has 1 unspecified atom stereocenters. The maximum absolute atomic E-state index is 12.0. The largest absolute Gasteiger partial charge is 0.481 e. The highest BCUT2D eigenvalue weighted by atomic mass is 79.9. The van der Waals surface area contributed by atoms with E-state index in [1.807, 2.05) is 31.2 Å². The standard InChI is InChI=1S/C15H20BrNO3/c1-10(11-4-6-12(16)7-5-11)13(18)17-9-8-15(2,3)14(19)20/h4-7,10H,8-9H2,1-3H3,(H,17,18)(H,19,20). The van der Waals surface area contributed by atoms with E-state index in [1.54, 1.807) is 13.8 Å². The second-order valence-electron chi connectivity index (χ2n) is 5.50. The summed E-state index contributed by atoms with van der Waals surface area (Å²) in [6, 6.07) is 7.59. The molecule has 20 heavy (non-hydrogen) atoms. The molecule has 0 aliphatic rings. The average molecular weight is 342 g/mol. The molecule has 0 aliphatic carbocycles. The summed E-state index contributed by atoms with van der Waals surface area (Å²) in [5, 5.41) is 11.8. The highest BCUT2D eigenvalue weighted by Crippen LogP contribution is 2.21. The number of amides is 1. The van der Waals surface area contributed by atoms with Crippen LogP contribution in [0.2, 0.25) is 0 Å². The van der Waals surface area contributed by atoms with Gasteiger partial charge in [0, 0.05) is 11.0 Å². The number of benzene rings is 1. The van der Waals surface area contributed by atoms with Crippen molar-refractivity contribution in [1.29, 1.82) is 0 Å². The van der Waals surface area contributed by atoms with Gasteiger partial charge in [0.2, 0.25) is 5.91 Å². The molecule has 0 heterocycles. The lowest BCUT2D eigenvalue weighted by molar-refractivity contribution is -0.147. The Hall–Kier alpha value is -1.36. The van der Waals surface area contributed by atoms with E-state index in [-0.39, 0.29) is 11.8 Å². The quantitative estimate of drug-likeness (QED) is 0.835. The van der Waals surface area contributed by atoms with Crippen molar-refractivity contribution in [2.45, 2.75) is 33.1 Å². The lowest BCUT2D eigenvalue weighted by Gasteiger charge is -2.20. The van der Waals surface area contributed by atoms with Gasteiger partial charge in [-0.15, -0.1) is 0 Å². The van der Waals surface area contributed by atoms with Crippen LogP contribution in [0.5, 0.6) is 0 Å². The SMILES string of the molecule is CC(C(=O)NCCC(C)(C)C(=O)O)c1ccc(Br)cc1. The minimum absolute atomic E-state index is 0.0893. The monoisotopic (exact) mass is 341 g/mol. The third kappa shape index (κ3) is 4.63. The van der Waals surface area contributed by atoms with Crippen LogP contribution in [0.4, 0.5) is 0 Å². The molecular weight excluding hydrogens is 322 g/mol. The van der Waals surface area contributed by atoms with Gasteiger partial charge in [-0.05, 0) is 44.9 Å². The lowest BCUT2D eigenvalue weighted by atomic mass is 9.89. The Morgan fingerprint density at radius 3 is 2.35 bits per heavy atom. The summed E-state index contributed by atoms with van der Waals surface area (Å²) in [5.74, 6) is -1.20. The molecule has 0 aliphatic heterocycles. The first kappa shape index (κ1) is 16.7. The third-order valence-corrected chi connectivity index (χ3v) is 3.92. The second kappa shape index (κ2) is 6.88. The highest BCUT2D eigenvalue weighted by molar-refractivity contribution is 9.10. The van der Waals surface area contributed by atoms with Gasteiger partial charge < -0.3 is 10.4 Å². The number of carbonyl (C=O) groups is 2. The van der Waals surface area contributed by atoms with Crippen LogP contribution in [0.25, 0.3) is 0 Å². The number of carboxylic acid groups (broad SMARTS) is 1. The molecule has 0 saturated heterocycles. The van der Waals surface area contributed by atoms with Crippen LogP contribution in [0.15, 0.2) is 28.7 Å². The number of carboxylic acids is 1. The summed E-state index contributed by atoms with van der Waals surface area (Å²) >= 11 is 3.35. The van der Waals surface area contributed by atoms with Crippen LogP contribution < -0.4 is 5.32 Å². The van der Waals surface area contributed by atoms with Gasteiger partial charge in [0.15, 0.2) is 0 Å². The fourth-order valence-corrected chi connectivity index (χ4v) is 1.93. The van der Waals surface area contributed by atoms with Crippen molar-refractivity contribution in [1.82, 2.24) is 5.32 Å². The summed E-state index contributed by atoms with van der Waals surface area (Å²) in [6.07, 6.45) is 0.404. The van der Waals surface area contributed by atoms with Gasteiger partial charge in [-0.3, -0.25) is 9.59 Å². The molecule has 4 nitrogen and oxygen atoms in total. The first-order valence-electron chi connectivity index (χ1n) is 6.50. The van der Waals surface area contributed by atoms with Crippen molar-refractivity contribution in [3.8, 4) is 0 Å². The molecule has 2 N–H and O–H groups in total. The molecule has 1 amide bonds. The number of nitrogens with one attached hydrogen (secondary N) is 1. The minimum Gasteiger partial charge on any atom is -0.481 e. The summed E-state index contributed by atoms with van der Waals surface area (Å²) in [6.45, 7) is 5.50. The Labute approximate surface area is 127 Å². The Morgan fingerprint density at radius 2 is 1.85 bits per heavy atom. The van der Waals surface area contributed by atoms with E-state index in [4.69, 9.17) is 5.11 Å². The summed E-state index contributed by atoms with van der Waals surface area (Å²) in [7, 11) is 0. The molecule has 0 radical (unpaired) electrons. The fraction of sp³-hybridized carbons (Fsp3) is 0.467. The number of hydrogen-bond donors (Lipinski definition) is 2. The number of hydrogen-bond acceptors (Lipinski definition) is 2. The number of aliphatic carboxylic acids is 1. The first-order valence-corrected chi connectivity index (χ1v) is 7.30. The van der Waals surface area contributed by atoms with E-state index in [9.17, 15) is 9.59 Å². The van der Waals surface area contributed by atoms with Crippen LogP contribution >= 0.6 is 15.9 Å². The van der Waals surface area contributed by atoms with Crippen molar-refractivity contribution in [3.05, 3.63) is 34.3 Å². The maximum atomic E-state index is 12.0. The normalized spacial score (nSPS) is 12.8. The fourth-order valence-electron chi connectivity index (χ4n) is 1.66. The van der Waals surface area contributed by atoms with Crippen molar-refractivity contribution in [3.63, 3.8) is 0 Å².